The van der Waals surface area contributed by atoms with Gasteiger partial charge in [-0.2, -0.15) is 0 Å². The quantitative estimate of drug-likeness (QED) is 0.562. The molecule has 0 amide bonds. The van der Waals surface area contributed by atoms with E-state index in [1.54, 1.807) is 12.3 Å². The summed E-state index contributed by atoms with van der Waals surface area (Å²) in [6.07, 6.45) is 6.77. The van der Waals surface area contributed by atoms with Gasteiger partial charge in [0.1, 0.15) is 0 Å². The van der Waals surface area contributed by atoms with Crippen molar-refractivity contribution in [2.75, 3.05) is 7.05 Å². The molecule has 0 saturated heterocycles. The minimum absolute atomic E-state index is 0.705. The van der Waals surface area contributed by atoms with Crippen LogP contribution in [0.25, 0.3) is 0 Å². The van der Waals surface area contributed by atoms with Crippen molar-refractivity contribution in [3.05, 3.63) is 12.3 Å². The van der Waals surface area contributed by atoms with Crippen LogP contribution in [-0.2, 0) is 0 Å². The first-order valence-corrected chi connectivity index (χ1v) is 3.72. The molecule has 0 aromatic carbocycles. The van der Waals surface area contributed by atoms with E-state index in [9.17, 15) is 0 Å². The van der Waals surface area contributed by atoms with Gasteiger partial charge in [0, 0.05) is 12.8 Å². The molecule has 0 unspecified atom stereocenters. The fraction of sp³-hybridized carbons (Fsp3) is 0.625. The molecule has 2 nitrogen and oxygen atoms in total. The highest BCUT2D eigenvalue weighted by molar-refractivity contribution is 5.91. The van der Waals surface area contributed by atoms with Crippen LogP contribution in [0.3, 0.4) is 0 Å². The summed E-state index contributed by atoms with van der Waals surface area (Å²) in [5, 5.41) is 10.2. The predicted octanol–water partition coefficient (Wildman–Crippen LogP) is 1.93. The maximum Gasteiger partial charge on any atom is 0.0328 e. The highest BCUT2D eigenvalue weighted by Gasteiger charge is 1.88. The van der Waals surface area contributed by atoms with E-state index in [1.807, 2.05) is 7.05 Å². The molecule has 0 fully saturated rings. The van der Waals surface area contributed by atoms with Crippen molar-refractivity contribution in [3.8, 4) is 0 Å². The van der Waals surface area contributed by atoms with E-state index >= 15 is 0 Å². The smallest absolute Gasteiger partial charge is 0.0328 e. The van der Waals surface area contributed by atoms with Crippen LogP contribution in [0.1, 0.15) is 26.2 Å². The molecule has 0 spiro atoms. The van der Waals surface area contributed by atoms with Gasteiger partial charge in [-0.1, -0.05) is 13.3 Å². The van der Waals surface area contributed by atoms with Crippen LogP contribution >= 0.6 is 0 Å². The molecule has 0 atom stereocenters. The van der Waals surface area contributed by atoms with Crippen molar-refractivity contribution >= 4 is 5.71 Å². The lowest BCUT2D eigenvalue weighted by Crippen LogP contribution is -1.96. The van der Waals surface area contributed by atoms with Gasteiger partial charge in [-0.3, -0.25) is 0 Å². The number of hydrogen-bond acceptors (Lipinski definition) is 2. The molecule has 58 valence electrons. The largest absolute Gasteiger partial charge is 0.394 e. The molecule has 0 bridgehead atoms. The molecule has 0 radical (unpaired) electrons. The SMILES string of the molecule is CCCCC(=N)/C=C\NC. The molecular formula is C8H16N2. The van der Waals surface area contributed by atoms with Crippen LogP contribution in [0.2, 0.25) is 0 Å². The van der Waals surface area contributed by atoms with Gasteiger partial charge in [0.2, 0.25) is 0 Å². The minimum Gasteiger partial charge on any atom is -0.394 e. The molecule has 2 heteroatoms. The van der Waals surface area contributed by atoms with Crippen molar-refractivity contribution in [2.45, 2.75) is 26.2 Å². The normalized spacial score (nSPS) is 10.2. The van der Waals surface area contributed by atoms with Gasteiger partial charge in [-0.25, -0.2) is 0 Å². The van der Waals surface area contributed by atoms with Crippen LogP contribution < -0.4 is 5.32 Å². The Bertz CT molecular complexity index is 116. The predicted molar refractivity (Wildman–Crippen MR) is 45.5 cm³/mol. The summed E-state index contributed by atoms with van der Waals surface area (Å²) in [6, 6.07) is 0. The fourth-order valence-corrected chi connectivity index (χ4v) is 0.634. The lowest BCUT2D eigenvalue weighted by atomic mass is 10.2. The van der Waals surface area contributed by atoms with E-state index in [1.165, 1.54) is 0 Å². The van der Waals surface area contributed by atoms with Crippen molar-refractivity contribution in [1.82, 2.24) is 5.32 Å². The minimum atomic E-state index is 0.705. The van der Waals surface area contributed by atoms with E-state index in [4.69, 9.17) is 5.41 Å². The molecule has 0 aromatic rings. The highest BCUT2D eigenvalue weighted by atomic mass is 14.8. The molecule has 0 heterocycles. The van der Waals surface area contributed by atoms with Crippen LogP contribution in [0.4, 0.5) is 0 Å². The van der Waals surface area contributed by atoms with Crippen molar-refractivity contribution in [3.63, 3.8) is 0 Å². The highest BCUT2D eigenvalue weighted by Crippen LogP contribution is 1.95. The molecule has 0 aliphatic rings. The Labute approximate surface area is 62.8 Å². The topological polar surface area (TPSA) is 35.9 Å². The van der Waals surface area contributed by atoms with Gasteiger partial charge in [-0.15, -0.1) is 0 Å². The van der Waals surface area contributed by atoms with Crippen LogP contribution in [0.15, 0.2) is 12.3 Å². The zero-order valence-electron chi connectivity index (χ0n) is 6.78. The number of allylic oxidation sites excluding steroid dienone is 1. The van der Waals surface area contributed by atoms with Crippen molar-refractivity contribution in [2.24, 2.45) is 0 Å². The lowest BCUT2D eigenvalue weighted by Gasteiger charge is -1.94. The monoisotopic (exact) mass is 140 g/mol. The second-order valence-corrected chi connectivity index (χ2v) is 2.25. The maximum atomic E-state index is 7.37. The molecular weight excluding hydrogens is 124 g/mol. The first-order chi connectivity index (χ1) is 4.81. The van der Waals surface area contributed by atoms with E-state index in [-0.39, 0.29) is 0 Å². The standard InChI is InChI=1S/C8H16N2/c1-3-4-5-8(9)6-7-10-2/h6-7,9-10H,3-5H2,1-2H3/b7-6-,9-8?. The zero-order valence-corrected chi connectivity index (χ0v) is 6.78. The molecule has 0 saturated carbocycles. The summed E-state index contributed by atoms with van der Waals surface area (Å²) in [6.45, 7) is 2.13. The fourth-order valence-electron chi connectivity index (χ4n) is 0.634. The second kappa shape index (κ2) is 6.33. The summed E-state index contributed by atoms with van der Waals surface area (Å²) >= 11 is 0. The molecule has 0 aromatic heterocycles. The summed E-state index contributed by atoms with van der Waals surface area (Å²) in [5.74, 6) is 0. The third-order valence-electron chi connectivity index (χ3n) is 1.25. The van der Waals surface area contributed by atoms with Gasteiger partial charge in [-0.05, 0) is 25.1 Å². The molecule has 2 N–H and O–H groups in total. The maximum absolute atomic E-state index is 7.37. The van der Waals surface area contributed by atoms with Crippen LogP contribution in [0.5, 0.6) is 0 Å². The van der Waals surface area contributed by atoms with Gasteiger partial charge < -0.3 is 10.7 Å². The molecule has 10 heavy (non-hydrogen) atoms. The van der Waals surface area contributed by atoms with E-state index in [0.717, 1.165) is 19.3 Å². The summed E-state index contributed by atoms with van der Waals surface area (Å²) in [5.41, 5.74) is 0.705. The average Bonchev–Trinajstić information content (AvgIpc) is 1.97. The Kier molecular flexibility index (Phi) is 5.83. The summed E-state index contributed by atoms with van der Waals surface area (Å²) in [4.78, 5) is 0. The number of unbranched alkanes of at least 4 members (excludes halogenated alkanes) is 1. The van der Waals surface area contributed by atoms with E-state index < -0.39 is 0 Å². The summed E-state index contributed by atoms with van der Waals surface area (Å²) < 4.78 is 0. The van der Waals surface area contributed by atoms with Crippen molar-refractivity contribution in [1.29, 1.82) is 5.41 Å². The Morgan fingerprint density at radius 2 is 2.30 bits per heavy atom. The Morgan fingerprint density at radius 3 is 2.80 bits per heavy atom. The van der Waals surface area contributed by atoms with E-state index in [2.05, 4.69) is 12.2 Å². The first kappa shape index (κ1) is 9.21. The Balaban J connectivity index is 3.34. The first-order valence-electron chi connectivity index (χ1n) is 3.72. The number of rotatable bonds is 5. The van der Waals surface area contributed by atoms with Crippen molar-refractivity contribution < 1.29 is 0 Å². The van der Waals surface area contributed by atoms with Gasteiger partial charge in [0.25, 0.3) is 0 Å². The molecule has 0 rings (SSSR count). The van der Waals surface area contributed by atoms with Gasteiger partial charge in [0.05, 0.1) is 0 Å². The Morgan fingerprint density at radius 1 is 1.60 bits per heavy atom. The van der Waals surface area contributed by atoms with Gasteiger partial charge >= 0.3 is 0 Å². The van der Waals surface area contributed by atoms with Crippen LogP contribution in [-0.4, -0.2) is 12.8 Å². The number of hydrogen-bond donors (Lipinski definition) is 2. The van der Waals surface area contributed by atoms with Crippen LogP contribution in [0, 0.1) is 5.41 Å². The molecule has 0 aliphatic heterocycles. The second-order valence-electron chi connectivity index (χ2n) is 2.25. The Hall–Kier alpha value is -0.790. The average molecular weight is 140 g/mol. The lowest BCUT2D eigenvalue weighted by molar-refractivity contribution is 0.834. The zero-order chi connectivity index (χ0) is 7.82. The molecule has 0 aliphatic carbocycles. The third kappa shape index (κ3) is 5.35. The number of nitrogens with one attached hydrogen (secondary N) is 2. The summed E-state index contributed by atoms with van der Waals surface area (Å²) in [7, 11) is 1.84. The van der Waals surface area contributed by atoms with E-state index in [0.29, 0.717) is 5.71 Å². The van der Waals surface area contributed by atoms with Gasteiger partial charge in [0.15, 0.2) is 0 Å². The third-order valence-corrected chi connectivity index (χ3v) is 1.25.